The van der Waals surface area contributed by atoms with Gasteiger partial charge in [-0.3, -0.25) is 4.79 Å². The molecule has 1 aromatic heterocycles. The van der Waals surface area contributed by atoms with E-state index in [0.29, 0.717) is 41.7 Å². The van der Waals surface area contributed by atoms with E-state index in [9.17, 15) is 18.0 Å². The number of fused-ring (bicyclic) bond motifs is 1. The summed E-state index contributed by atoms with van der Waals surface area (Å²) in [7, 11) is 0. The van der Waals surface area contributed by atoms with Gasteiger partial charge in [-0.25, -0.2) is 18.2 Å². The number of hydrogen-bond acceptors (Lipinski definition) is 4. The molecule has 0 saturated heterocycles. The molecule has 1 aliphatic heterocycles. The van der Waals surface area contributed by atoms with Crippen LogP contribution in [0.3, 0.4) is 0 Å². The Balaban J connectivity index is 1.86. The highest BCUT2D eigenvalue weighted by Crippen LogP contribution is 2.40. The van der Waals surface area contributed by atoms with Crippen LogP contribution in [0.5, 0.6) is 0 Å². The van der Waals surface area contributed by atoms with Crippen molar-refractivity contribution in [3.63, 3.8) is 0 Å². The Morgan fingerprint density at radius 1 is 1.06 bits per heavy atom. The number of benzene rings is 2. The van der Waals surface area contributed by atoms with Gasteiger partial charge in [0.05, 0.1) is 11.1 Å². The third-order valence-corrected chi connectivity index (χ3v) is 5.83. The molecule has 0 unspecified atom stereocenters. The topological polar surface area (TPSA) is 76.2 Å². The lowest BCUT2D eigenvalue weighted by Gasteiger charge is -2.44. The molecule has 9 heteroatoms. The second-order valence-corrected chi connectivity index (χ2v) is 9.28. The predicted molar refractivity (Wildman–Crippen MR) is 120 cm³/mol. The van der Waals surface area contributed by atoms with Gasteiger partial charge < -0.3 is 20.5 Å². The van der Waals surface area contributed by atoms with E-state index in [1.54, 1.807) is 30.9 Å². The molecular formula is C24H26F3N5O. The van der Waals surface area contributed by atoms with Gasteiger partial charge in [-0.15, -0.1) is 0 Å². The van der Waals surface area contributed by atoms with Crippen LogP contribution in [0.15, 0.2) is 42.5 Å². The summed E-state index contributed by atoms with van der Waals surface area (Å²) >= 11 is 0. The van der Waals surface area contributed by atoms with Crippen LogP contribution in [-0.2, 0) is 16.9 Å². The highest BCUT2D eigenvalue weighted by Gasteiger charge is 2.44. The SMILES string of the molecule is CC(C)(N)C(=O)N1CCn2c(nc(-c3ccc(F)cc3)c2Nc2ccc(F)c(F)c2)C1(C)C. The van der Waals surface area contributed by atoms with Crippen molar-refractivity contribution in [3.05, 3.63) is 65.7 Å². The number of carbonyl (C=O) groups is 1. The molecule has 174 valence electrons. The Kier molecular flexibility index (Phi) is 5.48. The van der Waals surface area contributed by atoms with E-state index in [1.807, 2.05) is 18.4 Å². The zero-order chi connectivity index (χ0) is 24.1. The summed E-state index contributed by atoms with van der Waals surface area (Å²) in [6, 6.07) is 9.37. The first-order valence-electron chi connectivity index (χ1n) is 10.6. The summed E-state index contributed by atoms with van der Waals surface area (Å²) in [6.45, 7) is 7.86. The van der Waals surface area contributed by atoms with Gasteiger partial charge in [0, 0.05) is 30.4 Å². The van der Waals surface area contributed by atoms with Crippen molar-refractivity contribution in [2.24, 2.45) is 5.73 Å². The number of amides is 1. The number of halogens is 3. The van der Waals surface area contributed by atoms with Crippen LogP contribution in [0, 0.1) is 17.5 Å². The molecule has 3 aromatic rings. The van der Waals surface area contributed by atoms with E-state index >= 15 is 0 Å². The Morgan fingerprint density at radius 3 is 2.33 bits per heavy atom. The maximum absolute atomic E-state index is 13.9. The molecule has 2 aromatic carbocycles. The van der Waals surface area contributed by atoms with Crippen molar-refractivity contribution in [3.8, 4) is 11.3 Å². The molecule has 3 N–H and O–H groups in total. The molecule has 33 heavy (non-hydrogen) atoms. The van der Waals surface area contributed by atoms with Crippen LogP contribution in [-0.4, -0.2) is 32.4 Å². The number of hydrogen-bond donors (Lipinski definition) is 2. The fourth-order valence-corrected chi connectivity index (χ4v) is 4.09. The Bertz CT molecular complexity index is 1210. The first-order chi connectivity index (χ1) is 15.4. The second kappa shape index (κ2) is 7.91. The summed E-state index contributed by atoms with van der Waals surface area (Å²) in [5.41, 5.74) is 5.69. The average Bonchev–Trinajstić information content (AvgIpc) is 3.10. The highest BCUT2D eigenvalue weighted by atomic mass is 19.2. The van der Waals surface area contributed by atoms with E-state index in [4.69, 9.17) is 10.7 Å². The van der Waals surface area contributed by atoms with Crippen molar-refractivity contribution >= 4 is 17.4 Å². The quantitative estimate of drug-likeness (QED) is 0.604. The van der Waals surface area contributed by atoms with Gasteiger partial charge in [-0.1, -0.05) is 0 Å². The normalized spacial score (nSPS) is 15.3. The third kappa shape index (κ3) is 4.08. The van der Waals surface area contributed by atoms with E-state index in [-0.39, 0.29) is 11.7 Å². The minimum Gasteiger partial charge on any atom is -0.340 e. The molecule has 2 heterocycles. The summed E-state index contributed by atoms with van der Waals surface area (Å²) in [5.74, 6) is -1.40. The van der Waals surface area contributed by atoms with Gasteiger partial charge >= 0.3 is 0 Å². The molecular weight excluding hydrogens is 431 g/mol. The van der Waals surface area contributed by atoms with Gasteiger partial charge in [0.1, 0.15) is 23.2 Å². The van der Waals surface area contributed by atoms with Gasteiger partial charge in [0.2, 0.25) is 5.91 Å². The summed E-state index contributed by atoms with van der Waals surface area (Å²) in [6.07, 6.45) is 0. The fourth-order valence-electron chi connectivity index (χ4n) is 4.09. The van der Waals surface area contributed by atoms with Crippen molar-refractivity contribution in [2.45, 2.75) is 45.3 Å². The lowest BCUT2D eigenvalue weighted by molar-refractivity contribution is -0.143. The third-order valence-electron chi connectivity index (χ3n) is 5.83. The average molecular weight is 458 g/mol. The molecule has 4 rings (SSSR count). The maximum atomic E-state index is 13.9. The molecule has 0 fully saturated rings. The van der Waals surface area contributed by atoms with Gasteiger partial charge in [-0.05, 0) is 64.1 Å². The molecule has 0 aliphatic carbocycles. The summed E-state index contributed by atoms with van der Waals surface area (Å²) in [4.78, 5) is 19.6. The first kappa shape index (κ1) is 22.8. The number of imidazole rings is 1. The Hall–Kier alpha value is -3.33. The number of carbonyl (C=O) groups excluding carboxylic acids is 1. The maximum Gasteiger partial charge on any atom is 0.242 e. The van der Waals surface area contributed by atoms with E-state index in [1.165, 1.54) is 18.2 Å². The minimum absolute atomic E-state index is 0.208. The van der Waals surface area contributed by atoms with E-state index in [2.05, 4.69) is 5.32 Å². The Morgan fingerprint density at radius 2 is 1.73 bits per heavy atom. The monoisotopic (exact) mass is 457 g/mol. The number of anilines is 2. The molecule has 1 aliphatic rings. The van der Waals surface area contributed by atoms with Crippen molar-refractivity contribution < 1.29 is 18.0 Å². The molecule has 0 radical (unpaired) electrons. The van der Waals surface area contributed by atoms with Gasteiger partial charge in [0.25, 0.3) is 0 Å². The van der Waals surface area contributed by atoms with Crippen LogP contribution in [0.2, 0.25) is 0 Å². The van der Waals surface area contributed by atoms with Crippen LogP contribution in [0.4, 0.5) is 24.7 Å². The predicted octanol–water partition coefficient (Wildman–Crippen LogP) is 4.53. The van der Waals surface area contributed by atoms with E-state index in [0.717, 1.165) is 12.1 Å². The number of nitrogens with one attached hydrogen (secondary N) is 1. The number of nitrogens with two attached hydrogens (primary N) is 1. The van der Waals surface area contributed by atoms with Crippen LogP contribution in [0.1, 0.15) is 33.5 Å². The number of rotatable bonds is 4. The molecule has 0 saturated carbocycles. The molecule has 6 nitrogen and oxygen atoms in total. The van der Waals surface area contributed by atoms with Gasteiger partial charge in [0.15, 0.2) is 11.6 Å². The van der Waals surface area contributed by atoms with Crippen molar-refractivity contribution in [1.82, 2.24) is 14.5 Å². The summed E-state index contributed by atoms with van der Waals surface area (Å²) in [5, 5.41) is 3.15. The zero-order valence-corrected chi connectivity index (χ0v) is 18.9. The smallest absolute Gasteiger partial charge is 0.242 e. The van der Waals surface area contributed by atoms with Gasteiger partial charge in [-0.2, -0.15) is 0 Å². The lowest BCUT2D eigenvalue weighted by atomic mass is 9.94. The van der Waals surface area contributed by atoms with Crippen molar-refractivity contribution in [2.75, 3.05) is 11.9 Å². The number of nitrogens with zero attached hydrogens (tertiary/aromatic N) is 3. The van der Waals surface area contributed by atoms with Crippen molar-refractivity contribution in [1.29, 1.82) is 0 Å². The Labute approximate surface area is 190 Å². The highest BCUT2D eigenvalue weighted by molar-refractivity contribution is 5.86. The largest absolute Gasteiger partial charge is 0.340 e. The molecule has 0 atom stereocenters. The standard InChI is InChI=1S/C24H26F3N5O/c1-23(2,28)22(33)32-12-11-31-20(29-16-9-10-17(26)18(27)13-16)19(30-21(31)24(32,3)4)14-5-7-15(25)8-6-14/h5-10,13,29H,11-12,28H2,1-4H3. The first-order valence-corrected chi connectivity index (χ1v) is 10.6. The van der Waals surface area contributed by atoms with E-state index < -0.39 is 22.7 Å². The van der Waals surface area contributed by atoms with Crippen LogP contribution in [0.25, 0.3) is 11.3 Å². The fraction of sp³-hybridized carbons (Fsp3) is 0.333. The second-order valence-electron chi connectivity index (χ2n) is 9.28. The lowest BCUT2D eigenvalue weighted by Crippen LogP contribution is -2.60. The minimum atomic E-state index is -1.06. The molecule has 1 amide bonds. The van der Waals surface area contributed by atoms with Crippen LogP contribution >= 0.6 is 0 Å². The summed E-state index contributed by atoms with van der Waals surface area (Å²) < 4.78 is 42.8. The number of aromatic nitrogens is 2. The molecule has 0 bridgehead atoms. The zero-order valence-electron chi connectivity index (χ0n) is 18.9. The molecule has 0 spiro atoms. The van der Waals surface area contributed by atoms with Crippen LogP contribution < -0.4 is 11.1 Å².